The fraction of sp³-hybridized carbons (Fsp3) is 0.429. The van der Waals surface area contributed by atoms with Crippen molar-refractivity contribution in [1.82, 2.24) is 25.2 Å². The lowest BCUT2D eigenvalue weighted by Gasteiger charge is -2.32. The van der Waals surface area contributed by atoms with E-state index in [1.165, 1.54) is 12.8 Å². The van der Waals surface area contributed by atoms with E-state index in [0.29, 0.717) is 18.3 Å². The highest BCUT2D eigenvalue weighted by Gasteiger charge is 2.36. The molecule has 0 spiro atoms. The number of tetrazole rings is 1. The topological polar surface area (TPSA) is 145 Å². The number of nitrogens with zero attached hydrogens (tertiary/aromatic N) is 5. The van der Waals surface area contributed by atoms with Crippen molar-refractivity contribution in [2.75, 3.05) is 12.4 Å². The minimum Gasteiger partial charge on any atom is -0.496 e. The number of ether oxygens (including phenoxy) is 1. The maximum atomic E-state index is 6.83. The van der Waals surface area contributed by atoms with Gasteiger partial charge in [0.05, 0.1) is 25.0 Å². The summed E-state index contributed by atoms with van der Waals surface area (Å²) in [6, 6.07) is 7.81. The second-order valence-electron chi connectivity index (χ2n) is 7.82. The van der Waals surface area contributed by atoms with Crippen molar-refractivity contribution in [3.8, 4) is 17.1 Å². The van der Waals surface area contributed by atoms with Gasteiger partial charge in [0, 0.05) is 17.3 Å². The van der Waals surface area contributed by atoms with Gasteiger partial charge in [-0.3, -0.25) is 0 Å². The Kier molecular flexibility index (Phi) is 5.90. The average Bonchev–Trinajstić information content (AvgIpc) is 3.42. The van der Waals surface area contributed by atoms with Gasteiger partial charge in [-0.1, -0.05) is 26.2 Å². The molecule has 3 heterocycles. The number of fused-ring (bicyclic) bond motifs is 1. The monoisotopic (exact) mass is 423 g/mol. The summed E-state index contributed by atoms with van der Waals surface area (Å²) in [5.74, 6) is 1.65. The molecule has 10 nitrogen and oxygen atoms in total. The number of benzene rings is 1. The lowest BCUT2D eigenvalue weighted by Crippen LogP contribution is -2.44. The quantitative estimate of drug-likeness (QED) is 0.387. The van der Waals surface area contributed by atoms with Crippen LogP contribution in [0.5, 0.6) is 5.75 Å². The molecule has 2 aromatic heterocycles. The first-order valence-corrected chi connectivity index (χ1v) is 10.6. The highest BCUT2D eigenvalue weighted by atomic mass is 16.5. The number of H-pyrrole nitrogens is 1. The second-order valence-corrected chi connectivity index (χ2v) is 7.82. The normalized spacial score (nSPS) is 17.7. The number of aliphatic imine (C=N–C) groups is 1. The molecule has 4 rings (SSSR count). The number of unbranched alkanes of at least 4 members (excludes halogenated alkanes) is 3. The largest absolute Gasteiger partial charge is 0.496 e. The Morgan fingerprint density at radius 1 is 1.19 bits per heavy atom. The van der Waals surface area contributed by atoms with Crippen LogP contribution in [-0.4, -0.2) is 38.3 Å². The van der Waals surface area contributed by atoms with Crippen molar-refractivity contribution < 1.29 is 4.74 Å². The summed E-state index contributed by atoms with van der Waals surface area (Å²) in [7, 11) is 1.66. The highest BCUT2D eigenvalue weighted by Crippen LogP contribution is 2.37. The molecular formula is C21H29N9O. The van der Waals surface area contributed by atoms with Gasteiger partial charge >= 0.3 is 0 Å². The molecule has 1 aliphatic rings. The Hall–Kier alpha value is -3.40. The second kappa shape index (κ2) is 8.76. The number of nitrogens with two attached hydrogens (primary N) is 2. The van der Waals surface area contributed by atoms with Crippen LogP contribution in [0.1, 0.15) is 50.3 Å². The Labute approximate surface area is 181 Å². The van der Waals surface area contributed by atoms with Gasteiger partial charge < -0.3 is 26.1 Å². The number of guanidine groups is 1. The van der Waals surface area contributed by atoms with Gasteiger partial charge in [0.15, 0.2) is 11.6 Å². The van der Waals surface area contributed by atoms with Crippen LogP contribution in [0.15, 0.2) is 35.5 Å². The number of rotatable bonds is 9. The number of aromatic amines is 1. The first-order valence-electron chi connectivity index (χ1n) is 10.6. The van der Waals surface area contributed by atoms with Crippen LogP contribution in [0.4, 0.5) is 5.69 Å². The van der Waals surface area contributed by atoms with Gasteiger partial charge in [0.25, 0.3) is 0 Å². The third kappa shape index (κ3) is 4.24. The zero-order valence-electron chi connectivity index (χ0n) is 17.9. The fourth-order valence-corrected chi connectivity index (χ4v) is 4.13. The van der Waals surface area contributed by atoms with E-state index in [0.717, 1.165) is 47.5 Å². The Morgan fingerprint density at radius 2 is 2.06 bits per heavy atom. The standard InChI is InChI=1S/C21H29N9O/c1-3-4-5-6-10-21(23)18-16(24-20(22)25-21)9-11-30(18)13-15-12-14(7-8-17(15)31-2)19-26-28-29-27-19/h7-9,11-12H,3-6,10,13,23H2,1-2H3,(H3,22,24,25)(H,26,27,28,29). The van der Waals surface area contributed by atoms with Crippen molar-refractivity contribution in [1.29, 1.82) is 0 Å². The molecule has 0 bridgehead atoms. The molecule has 6 N–H and O–H groups in total. The number of methoxy groups -OCH3 is 1. The van der Waals surface area contributed by atoms with Crippen LogP contribution in [0.2, 0.25) is 0 Å². The van der Waals surface area contributed by atoms with Gasteiger partial charge in [-0.05, 0) is 42.3 Å². The van der Waals surface area contributed by atoms with Crippen LogP contribution in [0, 0.1) is 0 Å². The van der Waals surface area contributed by atoms with E-state index in [1.807, 2.05) is 30.5 Å². The molecule has 0 fully saturated rings. The summed E-state index contributed by atoms with van der Waals surface area (Å²) in [5, 5.41) is 17.4. The molecular weight excluding hydrogens is 394 g/mol. The van der Waals surface area contributed by atoms with Crippen molar-refractivity contribution >= 4 is 11.6 Å². The number of anilines is 1. The van der Waals surface area contributed by atoms with E-state index in [9.17, 15) is 0 Å². The predicted octanol–water partition coefficient (Wildman–Crippen LogP) is 2.55. The summed E-state index contributed by atoms with van der Waals surface area (Å²) >= 11 is 0. The lowest BCUT2D eigenvalue weighted by atomic mass is 9.96. The Bertz CT molecular complexity index is 1060. The predicted molar refractivity (Wildman–Crippen MR) is 120 cm³/mol. The maximum Gasteiger partial charge on any atom is 0.204 e. The van der Waals surface area contributed by atoms with Crippen LogP contribution >= 0.6 is 0 Å². The number of nitrogens with one attached hydrogen (secondary N) is 2. The zero-order chi connectivity index (χ0) is 21.8. The third-order valence-electron chi connectivity index (χ3n) is 5.59. The Morgan fingerprint density at radius 3 is 2.81 bits per heavy atom. The van der Waals surface area contributed by atoms with Gasteiger partial charge in [0.1, 0.15) is 5.75 Å². The van der Waals surface area contributed by atoms with Gasteiger partial charge in [0.2, 0.25) is 5.82 Å². The fourth-order valence-electron chi connectivity index (χ4n) is 4.13. The SMILES string of the molecule is CCCCCCC1(N)N=C(N)Nc2ccn(Cc3cc(-c4nn[nH]n4)ccc3OC)c21. The van der Waals surface area contributed by atoms with E-state index >= 15 is 0 Å². The molecule has 1 aliphatic heterocycles. The van der Waals surface area contributed by atoms with Gasteiger partial charge in [-0.2, -0.15) is 5.21 Å². The van der Waals surface area contributed by atoms with Crippen LogP contribution in [0.3, 0.4) is 0 Å². The molecule has 31 heavy (non-hydrogen) atoms. The van der Waals surface area contributed by atoms with E-state index in [2.05, 4.69) is 42.4 Å². The van der Waals surface area contributed by atoms with Crippen LogP contribution in [0.25, 0.3) is 11.4 Å². The first-order chi connectivity index (χ1) is 15.0. The molecule has 1 aromatic carbocycles. The molecule has 1 unspecified atom stereocenters. The van der Waals surface area contributed by atoms with Crippen LogP contribution in [-0.2, 0) is 12.2 Å². The van der Waals surface area contributed by atoms with E-state index in [1.54, 1.807) is 7.11 Å². The number of hydrogen-bond acceptors (Lipinski definition) is 8. The van der Waals surface area contributed by atoms with Crippen molar-refractivity contribution in [3.63, 3.8) is 0 Å². The highest BCUT2D eigenvalue weighted by molar-refractivity contribution is 5.95. The molecule has 3 aromatic rings. The average molecular weight is 424 g/mol. The minimum atomic E-state index is -0.875. The molecule has 10 heteroatoms. The molecule has 164 valence electrons. The van der Waals surface area contributed by atoms with Gasteiger partial charge in [-0.15, -0.1) is 10.2 Å². The molecule has 0 amide bonds. The number of aromatic nitrogens is 5. The van der Waals surface area contributed by atoms with Crippen LogP contribution < -0.4 is 21.5 Å². The molecule has 0 radical (unpaired) electrons. The zero-order valence-corrected chi connectivity index (χ0v) is 17.9. The number of hydrogen-bond donors (Lipinski definition) is 4. The van der Waals surface area contributed by atoms with Crippen molar-refractivity contribution in [3.05, 3.63) is 41.7 Å². The summed E-state index contributed by atoms with van der Waals surface area (Å²) < 4.78 is 7.71. The molecule has 1 atom stereocenters. The lowest BCUT2D eigenvalue weighted by molar-refractivity contribution is 0.376. The molecule has 0 saturated carbocycles. The smallest absolute Gasteiger partial charge is 0.204 e. The molecule has 0 saturated heterocycles. The summed E-state index contributed by atoms with van der Waals surface area (Å²) in [6.07, 6.45) is 7.19. The van der Waals surface area contributed by atoms with E-state index < -0.39 is 5.66 Å². The summed E-state index contributed by atoms with van der Waals surface area (Å²) in [6.45, 7) is 2.74. The van der Waals surface area contributed by atoms with Gasteiger partial charge in [-0.25, -0.2) is 4.99 Å². The molecule has 0 aliphatic carbocycles. The maximum absolute atomic E-state index is 6.83. The first kappa shape index (κ1) is 20.9. The summed E-state index contributed by atoms with van der Waals surface area (Å²) in [5.41, 5.74) is 15.6. The summed E-state index contributed by atoms with van der Waals surface area (Å²) in [4.78, 5) is 4.61. The van der Waals surface area contributed by atoms with Crippen molar-refractivity contribution in [2.45, 2.75) is 51.2 Å². The van der Waals surface area contributed by atoms with E-state index in [4.69, 9.17) is 16.2 Å². The van der Waals surface area contributed by atoms with Crippen molar-refractivity contribution in [2.24, 2.45) is 16.5 Å². The Balaban J connectivity index is 1.67. The van der Waals surface area contributed by atoms with E-state index in [-0.39, 0.29) is 0 Å². The minimum absolute atomic E-state index is 0.347. The third-order valence-corrected chi connectivity index (χ3v) is 5.59.